The molecule has 1 aromatic carbocycles. The van der Waals surface area contributed by atoms with Crippen LogP contribution in [0.2, 0.25) is 0 Å². The Morgan fingerprint density at radius 2 is 2.00 bits per heavy atom. The standard InChI is InChI=1S/C14H13NOS/c16-14(11-4-2-1-3-5-11)15-8-6-13-12(10-15)7-9-17-13/h1-5,7,9H,6,8,10H2. The fraction of sp³-hybridized carbons (Fsp3) is 0.214. The fourth-order valence-electron chi connectivity index (χ4n) is 2.19. The normalized spacial score (nSPS) is 14.5. The van der Waals surface area contributed by atoms with Gasteiger partial charge < -0.3 is 4.90 Å². The van der Waals surface area contributed by atoms with Gasteiger partial charge in [0.05, 0.1) is 0 Å². The highest BCUT2D eigenvalue weighted by Gasteiger charge is 2.21. The number of fused-ring (bicyclic) bond motifs is 1. The van der Waals surface area contributed by atoms with Crippen LogP contribution < -0.4 is 0 Å². The van der Waals surface area contributed by atoms with Gasteiger partial charge in [-0.05, 0) is 35.6 Å². The average molecular weight is 243 g/mol. The highest BCUT2D eigenvalue weighted by Crippen LogP contribution is 2.24. The Balaban J connectivity index is 1.81. The molecule has 2 heterocycles. The highest BCUT2D eigenvalue weighted by molar-refractivity contribution is 7.10. The van der Waals surface area contributed by atoms with Crippen LogP contribution in [0.25, 0.3) is 0 Å². The quantitative estimate of drug-likeness (QED) is 0.754. The van der Waals surface area contributed by atoms with E-state index in [2.05, 4.69) is 11.4 Å². The van der Waals surface area contributed by atoms with Crippen LogP contribution in [0.4, 0.5) is 0 Å². The molecule has 17 heavy (non-hydrogen) atoms. The number of carbonyl (C=O) groups is 1. The molecule has 0 saturated carbocycles. The molecule has 0 bridgehead atoms. The van der Waals surface area contributed by atoms with Crippen LogP contribution in [0, 0.1) is 0 Å². The van der Waals surface area contributed by atoms with E-state index in [9.17, 15) is 4.79 Å². The summed E-state index contributed by atoms with van der Waals surface area (Å²) in [7, 11) is 0. The summed E-state index contributed by atoms with van der Waals surface area (Å²) in [5.41, 5.74) is 2.09. The Morgan fingerprint density at radius 1 is 1.18 bits per heavy atom. The molecule has 2 aromatic rings. The fourth-order valence-corrected chi connectivity index (χ4v) is 3.07. The van der Waals surface area contributed by atoms with E-state index in [4.69, 9.17) is 0 Å². The van der Waals surface area contributed by atoms with Crippen LogP contribution in [0.3, 0.4) is 0 Å². The number of carbonyl (C=O) groups excluding carboxylic acids is 1. The molecule has 0 unspecified atom stereocenters. The Bertz CT molecular complexity index is 532. The maximum absolute atomic E-state index is 12.3. The second-order valence-corrected chi connectivity index (χ2v) is 5.21. The zero-order valence-corrected chi connectivity index (χ0v) is 10.2. The number of thiophene rings is 1. The van der Waals surface area contributed by atoms with Gasteiger partial charge in [0, 0.05) is 23.5 Å². The van der Waals surface area contributed by atoms with Gasteiger partial charge in [-0.2, -0.15) is 0 Å². The summed E-state index contributed by atoms with van der Waals surface area (Å²) in [5.74, 6) is 0.141. The zero-order chi connectivity index (χ0) is 11.7. The molecule has 1 aliphatic heterocycles. The molecule has 3 heteroatoms. The number of hydrogen-bond acceptors (Lipinski definition) is 2. The summed E-state index contributed by atoms with van der Waals surface area (Å²) in [6, 6.07) is 11.6. The first-order valence-electron chi connectivity index (χ1n) is 5.74. The van der Waals surface area contributed by atoms with Gasteiger partial charge in [0.25, 0.3) is 5.91 Å². The average Bonchev–Trinajstić information content (AvgIpc) is 2.86. The maximum atomic E-state index is 12.3. The Hall–Kier alpha value is -1.61. The number of nitrogens with zero attached hydrogens (tertiary/aromatic N) is 1. The van der Waals surface area contributed by atoms with Gasteiger partial charge in [-0.3, -0.25) is 4.79 Å². The van der Waals surface area contributed by atoms with Gasteiger partial charge in [0.2, 0.25) is 0 Å². The van der Waals surface area contributed by atoms with Crippen molar-refractivity contribution in [1.29, 1.82) is 0 Å². The second kappa shape index (κ2) is 4.34. The van der Waals surface area contributed by atoms with E-state index in [1.165, 1.54) is 10.4 Å². The minimum atomic E-state index is 0.141. The van der Waals surface area contributed by atoms with E-state index >= 15 is 0 Å². The third-order valence-corrected chi connectivity index (χ3v) is 4.14. The maximum Gasteiger partial charge on any atom is 0.254 e. The van der Waals surface area contributed by atoms with Crippen LogP contribution in [0.5, 0.6) is 0 Å². The number of hydrogen-bond donors (Lipinski definition) is 0. The molecule has 1 aromatic heterocycles. The molecular formula is C14H13NOS. The lowest BCUT2D eigenvalue weighted by Crippen LogP contribution is -2.35. The molecule has 0 spiro atoms. The van der Waals surface area contributed by atoms with Crippen molar-refractivity contribution in [2.45, 2.75) is 13.0 Å². The van der Waals surface area contributed by atoms with E-state index in [-0.39, 0.29) is 5.91 Å². The highest BCUT2D eigenvalue weighted by atomic mass is 32.1. The van der Waals surface area contributed by atoms with Gasteiger partial charge in [0.15, 0.2) is 0 Å². The van der Waals surface area contributed by atoms with Crippen molar-refractivity contribution in [2.24, 2.45) is 0 Å². The summed E-state index contributed by atoms with van der Waals surface area (Å²) in [6.07, 6.45) is 0.992. The van der Waals surface area contributed by atoms with Crippen molar-refractivity contribution in [3.8, 4) is 0 Å². The van der Waals surface area contributed by atoms with E-state index in [0.29, 0.717) is 0 Å². The summed E-state index contributed by atoms with van der Waals surface area (Å²) in [4.78, 5) is 15.6. The van der Waals surface area contributed by atoms with Gasteiger partial charge in [-0.25, -0.2) is 0 Å². The zero-order valence-electron chi connectivity index (χ0n) is 9.43. The first-order valence-corrected chi connectivity index (χ1v) is 6.62. The van der Waals surface area contributed by atoms with E-state index in [0.717, 1.165) is 25.1 Å². The molecular weight excluding hydrogens is 230 g/mol. The van der Waals surface area contributed by atoms with E-state index < -0.39 is 0 Å². The third kappa shape index (κ3) is 1.98. The van der Waals surface area contributed by atoms with Crippen molar-refractivity contribution in [3.05, 3.63) is 57.8 Å². The number of amides is 1. The molecule has 2 nitrogen and oxygen atoms in total. The summed E-state index contributed by atoms with van der Waals surface area (Å²) >= 11 is 1.80. The predicted octanol–water partition coefficient (Wildman–Crippen LogP) is 2.95. The van der Waals surface area contributed by atoms with Crippen molar-refractivity contribution < 1.29 is 4.79 Å². The molecule has 0 N–H and O–H groups in total. The third-order valence-electron chi connectivity index (χ3n) is 3.12. The van der Waals surface area contributed by atoms with E-state index in [1.54, 1.807) is 11.3 Å². The largest absolute Gasteiger partial charge is 0.334 e. The lowest BCUT2D eigenvalue weighted by molar-refractivity contribution is 0.0736. The SMILES string of the molecule is O=C(c1ccccc1)N1CCc2sccc2C1. The van der Waals surface area contributed by atoms with Gasteiger partial charge in [0.1, 0.15) is 0 Å². The molecule has 0 atom stereocenters. The number of rotatable bonds is 1. The lowest BCUT2D eigenvalue weighted by Gasteiger charge is -2.27. The van der Waals surface area contributed by atoms with Crippen LogP contribution in [0.15, 0.2) is 41.8 Å². The minimum Gasteiger partial charge on any atom is -0.334 e. The first-order chi connectivity index (χ1) is 8.34. The van der Waals surface area contributed by atoms with Crippen LogP contribution >= 0.6 is 11.3 Å². The number of benzene rings is 1. The Kier molecular flexibility index (Phi) is 2.69. The molecule has 0 saturated heterocycles. The van der Waals surface area contributed by atoms with Crippen LogP contribution in [-0.2, 0) is 13.0 Å². The molecule has 3 rings (SSSR count). The van der Waals surface area contributed by atoms with Crippen molar-refractivity contribution in [1.82, 2.24) is 4.90 Å². The van der Waals surface area contributed by atoms with E-state index in [1.807, 2.05) is 35.2 Å². The van der Waals surface area contributed by atoms with Crippen molar-refractivity contribution in [2.75, 3.05) is 6.54 Å². The molecule has 1 amide bonds. The summed E-state index contributed by atoms with van der Waals surface area (Å²) in [6.45, 7) is 1.59. The molecule has 0 aliphatic carbocycles. The van der Waals surface area contributed by atoms with Gasteiger partial charge in [-0.1, -0.05) is 18.2 Å². The molecule has 86 valence electrons. The van der Waals surface area contributed by atoms with Crippen LogP contribution in [0.1, 0.15) is 20.8 Å². The molecule has 0 radical (unpaired) electrons. The summed E-state index contributed by atoms with van der Waals surface area (Å²) in [5, 5.41) is 2.11. The second-order valence-electron chi connectivity index (χ2n) is 4.21. The lowest BCUT2D eigenvalue weighted by atomic mass is 10.1. The Morgan fingerprint density at radius 3 is 2.82 bits per heavy atom. The Labute approximate surface area is 105 Å². The first kappa shape index (κ1) is 10.5. The van der Waals surface area contributed by atoms with Crippen molar-refractivity contribution in [3.63, 3.8) is 0 Å². The van der Waals surface area contributed by atoms with Gasteiger partial charge >= 0.3 is 0 Å². The molecule has 0 fully saturated rings. The topological polar surface area (TPSA) is 20.3 Å². The minimum absolute atomic E-state index is 0.141. The van der Waals surface area contributed by atoms with Crippen LogP contribution in [-0.4, -0.2) is 17.4 Å². The summed E-state index contributed by atoms with van der Waals surface area (Å²) < 4.78 is 0. The predicted molar refractivity (Wildman–Crippen MR) is 69.2 cm³/mol. The van der Waals surface area contributed by atoms with Crippen molar-refractivity contribution >= 4 is 17.2 Å². The smallest absolute Gasteiger partial charge is 0.254 e. The monoisotopic (exact) mass is 243 g/mol. The molecule has 1 aliphatic rings. The van der Waals surface area contributed by atoms with Gasteiger partial charge in [-0.15, -0.1) is 11.3 Å².